The van der Waals surface area contributed by atoms with Crippen LogP contribution in [0.3, 0.4) is 0 Å². The van der Waals surface area contributed by atoms with Gasteiger partial charge in [0.15, 0.2) is 0 Å². The molecule has 0 saturated heterocycles. The number of amides is 2. The third-order valence-electron chi connectivity index (χ3n) is 3.99. The molecule has 0 saturated carbocycles. The number of hydrogen-bond donors (Lipinski definition) is 1. The molecule has 0 radical (unpaired) electrons. The summed E-state index contributed by atoms with van der Waals surface area (Å²) < 4.78 is 0. The van der Waals surface area contributed by atoms with Gasteiger partial charge in [0.2, 0.25) is 11.8 Å². The molecule has 0 fully saturated rings. The largest absolute Gasteiger partial charge is 0.326 e. The minimum Gasteiger partial charge on any atom is -0.326 e. The van der Waals surface area contributed by atoms with Gasteiger partial charge >= 0.3 is 0 Å². The average Bonchev–Trinajstić information content (AvgIpc) is 2.99. The van der Waals surface area contributed by atoms with E-state index in [9.17, 15) is 9.59 Å². The molecule has 1 atom stereocenters. The van der Waals surface area contributed by atoms with Gasteiger partial charge in [0, 0.05) is 29.7 Å². The van der Waals surface area contributed by atoms with Crippen LogP contribution in [0.5, 0.6) is 0 Å². The van der Waals surface area contributed by atoms with Crippen molar-refractivity contribution in [2.75, 3.05) is 16.8 Å². The third kappa shape index (κ3) is 3.62. The number of carbonyl (C=O) groups excluding carboxylic acids is 2. The van der Waals surface area contributed by atoms with Gasteiger partial charge in [0.25, 0.3) is 0 Å². The van der Waals surface area contributed by atoms with Crippen molar-refractivity contribution in [3.63, 3.8) is 0 Å². The van der Waals surface area contributed by atoms with E-state index in [4.69, 9.17) is 0 Å². The van der Waals surface area contributed by atoms with Gasteiger partial charge in [-0.1, -0.05) is 18.2 Å². The van der Waals surface area contributed by atoms with Gasteiger partial charge in [-0.2, -0.15) is 0 Å². The van der Waals surface area contributed by atoms with Crippen LogP contribution in [-0.2, 0) is 16.0 Å². The van der Waals surface area contributed by atoms with Crippen molar-refractivity contribution >= 4 is 35.0 Å². The maximum atomic E-state index is 12.8. The highest BCUT2D eigenvalue weighted by atomic mass is 32.2. The van der Waals surface area contributed by atoms with Crippen molar-refractivity contribution in [2.45, 2.75) is 30.4 Å². The molecule has 0 spiro atoms. The standard InChI is InChI=1S/C19H20N2O2S/c1-13(24-17-9-7-16(8-10-17)20-14(2)22)19(23)21-12-11-15-5-3-4-6-18(15)21/h3-10,13H,11-12H2,1-2H3,(H,20,22). The van der Waals surface area contributed by atoms with E-state index in [1.165, 1.54) is 24.2 Å². The molecule has 1 N–H and O–H groups in total. The molecule has 0 bridgehead atoms. The van der Waals surface area contributed by atoms with Crippen LogP contribution >= 0.6 is 11.8 Å². The smallest absolute Gasteiger partial charge is 0.240 e. The molecule has 0 aromatic heterocycles. The van der Waals surface area contributed by atoms with Gasteiger partial charge in [-0.25, -0.2) is 0 Å². The summed E-state index contributed by atoms with van der Waals surface area (Å²) in [6, 6.07) is 15.7. The van der Waals surface area contributed by atoms with Crippen LogP contribution in [0, 0.1) is 0 Å². The Labute approximate surface area is 146 Å². The molecular formula is C19H20N2O2S. The lowest BCUT2D eigenvalue weighted by atomic mass is 10.2. The van der Waals surface area contributed by atoms with E-state index in [1.54, 1.807) is 0 Å². The highest BCUT2D eigenvalue weighted by Gasteiger charge is 2.28. The van der Waals surface area contributed by atoms with Crippen LogP contribution in [0.25, 0.3) is 0 Å². The second-order valence-electron chi connectivity index (χ2n) is 5.83. The second-order valence-corrected chi connectivity index (χ2v) is 7.25. The number of thioether (sulfide) groups is 1. The number of benzene rings is 2. The van der Waals surface area contributed by atoms with E-state index in [2.05, 4.69) is 11.4 Å². The first-order valence-corrected chi connectivity index (χ1v) is 8.86. The Morgan fingerprint density at radius 1 is 1.12 bits per heavy atom. The summed E-state index contributed by atoms with van der Waals surface area (Å²) in [6.45, 7) is 4.18. The summed E-state index contributed by atoms with van der Waals surface area (Å²) in [6.07, 6.45) is 0.921. The zero-order chi connectivity index (χ0) is 17.1. The molecule has 1 aliphatic heterocycles. The summed E-state index contributed by atoms with van der Waals surface area (Å²) in [5.74, 6) is 0.0440. The fourth-order valence-electron chi connectivity index (χ4n) is 2.86. The quantitative estimate of drug-likeness (QED) is 0.863. The summed E-state index contributed by atoms with van der Waals surface area (Å²) in [5.41, 5.74) is 3.04. The monoisotopic (exact) mass is 340 g/mol. The minimum atomic E-state index is -0.164. The van der Waals surface area contributed by atoms with Gasteiger partial charge < -0.3 is 10.2 Å². The summed E-state index contributed by atoms with van der Waals surface area (Å²) in [5, 5.41) is 2.58. The number of rotatable bonds is 4. The van der Waals surface area contributed by atoms with Crippen LogP contribution in [0.1, 0.15) is 19.4 Å². The van der Waals surface area contributed by atoms with Crippen molar-refractivity contribution in [3.8, 4) is 0 Å². The first-order chi connectivity index (χ1) is 11.5. The molecule has 1 unspecified atom stereocenters. The normalized spacial score (nSPS) is 14.2. The Morgan fingerprint density at radius 3 is 2.54 bits per heavy atom. The number of anilines is 2. The number of fused-ring (bicyclic) bond motifs is 1. The van der Waals surface area contributed by atoms with Crippen molar-refractivity contribution < 1.29 is 9.59 Å². The SMILES string of the molecule is CC(=O)Nc1ccc(SC(C)C(=O)N2CCc3ccccc32)cc1. The number of para-hydroxylation sites is 1. The average molecular weight is 340 g/mol. The second kappa shape index (κ2) is 7.09. The van der Waals surface area contributed by atoms with Crippen LogP contribution in [-0.4, -0.2) is 23.6 Å². The van der Waals surface area contributed by atoms with E-state index < -0.39 is 0 Å². The van der Waals surface area contributed by atoms with Crippen molar-refractivity contribution in [2.24, 2.45) is 0 Å². The molecule has 2 aromatic rings. The predicted octanol–water partition coefficient (Wildman–Crippen LogP) is 3.71. The molecule has 2 aromatic carbocycles. The zero-order valence-corrected chi connectivity index (χ0v) is 14.6. The zero-order valence-electron chi connectivity index (χ0n) is 13.8. The van der Waals surface area contributed by atoms with E-state index in [1.807, 2.05) is 54.3 Å². The highest BCUT2D eigenvalue weighted by molar-refractivity contribution is 8.00. The van der Waals surface area contributed by atoms with Crippen molar-refractivity contribution in [1.82, 2.24) is 0 Å². The Kier molecular flexibility index (Phi) is 4.90. The van der Waals surface area contributed by atoms with Gasteiger partial charge in [-0.05, 0) is 49.2 Å². The first-order valence-electron chi connectivity index (χ1n) is 7.98. The third-order valence-corrected chi connectivity index (χ3v) is 5.09. The lowest BCUT2D eigenvalue weighted by molar-refractivity contribution is -0.117. The van der Waals surface area contributed by atoms with E-state index in [0.717, 1.165) is 29.2 Å². The Balaban J connectivity index is 1.66. The first kappa shape index (κ1) is 16.6. The summed E-state index contributed by atoms with van der Waals surface area (Å²) in [4.78, 5) is 26.7. The predicted molar refractivity (Wildman–Crippen MR) is 98.6 cm³/mol. The molecule has 2 amide bonds. The van der Waals surface area contributed by atoms with Gasteiger partial charge in [0.05, 0.1) is 5.25 Å². The summed E-state index contributed by atoms with van der Waals surface area (Å²) in [7, 11) is 0. The minimum absolute atomic E-state index is 0.0911. The van der Waals surface area contributed by atoms with Crippen LogP contribution in [0.15, 0.2) is 53.4 Å². The molecular weight excluding hydrogens is 320 g/mol. The maximum absolute atomic E-state index is 12.8. The Bertz CT molecular complexity index is 758. The Hall–Kier alpha value is -2.27. The van der Waals surface area contributed by atoms with E-state index in [-0.39, 0.29) is 17.1 Å². The van der Waals surface area contributed by atoms with Gasteiger partial charge in [-0.15, -0.1) is 11.8 Å². The maximum Gasteiger partial charge on any atom is 0.240 e. The molecule has 0 aliphatic carbocycles. The lowest BCUT2D eigenvalue weighted by Crippen LogP contribution is -2.35. The molecule has 4 nitrogen and oxygen atoms in total. The van der Waals surface area contributed by atoms with Crippen LogP contribution in [0.2, 0.25) is 0 Å². The molecule has 1 heterocycles. The van der Waals surface area contributed by atoms with Crippen LogP contribution in [0.4, 0.5) is 11.4 Å². The van der Waals surface area contributed by atoms with E-state index in [0.29, 0.717) is 0 Å². The van der Waals surface area contributed by atoms with Gasteiger partial charge in [0.1, 0.15) is 0 Å². The lowest BCUT2D eigenvalue weighted by Gasteiger charge is -2.21. The van der Waals surface area contributed by atoms with Crippen molar-refractivity contribution in [3.05, 3.63) is 54.1 Å². The topological polar surface area (TPSA) is 49.4 Å². The number of nitrogens with zero attached hydrogens (tertiary/aromatic N) is 1. The molecule has 5 heteroatoms. The fraction of sp³-hybridized carbons (Fsp3) is 0.263. The highest BCUT2D eigenvalue weighted by Crippen LogP contribution is 2.31. The summed E-state index contributed by atoms with van der Waals surface area (Å²) >= 11 is 1.54. The molecule has 3 rings (SSSR count). The fourth-order valence-corrected chi connectivity index (χ4v) is 3.79. The number of hydrogen-bond acceptors (Lipinski definition) is 3. The van der Waals surface area contributed by atoms with E-state index >= 15 is 0 Å². The number of carbonyl (C=O) groups is 2. The van der Waals surface area contributed by atoms with Crippen molar-refractivity contribution in [1.29, 1.82) is 0 Å². The Morgan fingerprint density at radius 2 is 1.83 bits per heavy atom. The van der Waals surface area contributed by atoms with Crippen LogP contribution < -0.4 is 10.2 Å². The van der Waals surface area contributed by atoms with Gasteiger partial charge in [-0.3, -0.25) is 9.59 Å². The molecule has 24 heavy (non-hydrogen) atoms. The molecule has 124 valence electrons. The number of nitrogens with one attached hydrogen (secondary N) is 1. The molecule has 1 aliphatic rings.